The molecule has 1 fully saturated rings. The van der Waals surface area contributed by atoms with Crippen LogP contribution in [0.25, 0.3) is 0 Å². The molecule has 0 saturated carbocycles. The summed E-state index contributed by atoms with van der Waals surface area (Å²) in [6.45, 7) is 1.55. The molecule has 1 heterocycles. The molecule has 0 aromatic carbocycles. The fourth-order valence-electron chi connectivity index (χ4n) is 1.79. The number of hydrogen-bond acceptors (Lipinski definition) is 4. The third kappa shape index (κ3) is 4.23. The molecule has 1 saturated heterocycles. The molecule has 2 atom stereocenters. The molecule has 2 unspecified atom stereocenters. The van der Waals surface area contributed by atoms with Gasteiger partial charge >= 0.3 is 12.0 Å². The fourth-order valence-corrected chi connectivity index (χ4v) is 1.79. The molecule has 1 rings (SSSR count). The number of carboxylic acids is 1. The van der Waals surface area contributed by atoms with Gasteiger partial charge in [-0.05, 0) is 13.3 Å². The Labute approximate surface area is 110 Å². The van der Waals surface area contributed by atoms with Gasteiger partial charge in [0.1, 0.15) is 6.04 Å². The van der Waals surface area contributed by atoms with E-state index in [0.29, 0.717) is 0 Å². The highest BCUT2D eigenvalue weighted by Gasteiger charge is 2.32. The maximum Gasteiger partial charge on any atom is 0.315 e. The lowest BCUT2D eigenvalue weighted by atomic mass is 10.1. The van der Waals surface area contributed by atoms with Gasteiger partial charge in [0.15, 0.2) is 0 Å². The van der Waals surface area contributed by atoms with Crippen molar-refractivity contribution in [3.8, 4) is 0 Å². The summed E-state index contributed by atoms with van der Waals surface area (Å²) in [7, 11) is 1.36. The Bertz CT molecular complexity index is 409. The van der Waals surface area contributed by atoms with Gasteiger partial charge in [0.05, 0.1) is 6.42 Å². The molecule has 0 spiro atoms. The molecule has 0 aromatic heterocycles. The predicted octanol–water partition coefficient (Wildman–Crippen LogP) is -0.704. The Hall–Kier alpha value is -2.12. The average molecular weight is 271 g/mol. The molecule has 106 valence electrons. The number of carboxylic acid groups (broad SMARTS) is 1. The van der Waals surface area contributed by atoms with Crippen molar-refractivity contribution < 1.29 is 24.3 Å². The van der Waals surface area contributed by atoms with Gasteiger partial charge in [0.2, 0.25) is 5.91 Å². The molecular formula is C11H17N3O5. The second-order valence-electron chi connectivity index (χ2n) is 4.50. The van der Waals surface area contributed by atoms with Crippen LogP contribution < -0.4 is 10.6 Å². The minimum Gasteiger partial charge on any atom is -0.481 e. The first-order chi connectivity index (χ1) is 8.81. The van der Waals surface area contributed by atoms with Crippen molar-refractivity contribution in [2.75, 3.05) is 7.05 Å². The minimum absolute atomic E-state index is 0.192. The molecule has 8 heteroatoms. The Morgan fingerprint density at radius 3 is 2.68 bits per heavy atom. The average Bonchev–Trinajstić information content (AvgIpc) is 2.28. The number of amides is 4. The molecule has 0 bridgehead atoms. The zero-order chi connectivity index (χ0) is 14.6. The number of nitrogens with zero attached hydrogens (tertiary/aromatic N) is 1. The van der Waals surface area contributed by atoms with E-state index in [2.05, 4.69) is 10.6 Å². The van der Waals surface area contributed by atoms with Gasteiger partial charge in [-0.25, -0.2) is 4.79 Å². The van der Waals surface area contributed by atoms with Gasteiger partial charge < -0.3 is 15.7 Å². The van der Waals surface area contributed by atoms with Crippen molar-refractivity contribution in [2.24, 2.45) is 0 Å². The lowest BCUT2D eigenvalue weighted by Crippen LogP contribution is -2.55. The Kier molecular flexibility index (Phi) is 4.85. The molecule has 0 radical (unpaired) electrons. The summed E-state index contributed by atoms with van der Waals surface area (Å²) in [4.78, 5) is 45.9. The van der Waals surface area contributed by atoms with Gasteiger partial charge in [0.25, 0.3) is 5.91 Å². The van der Waals surface area contributed by atoms with E-state index in [1.165, 1.54) is 7.05 Å². The highest BCUT2D eigenvalue weighted by molar-refractivity contribution is 6.01. The van der Waals surface area contributed by atoms with Gasteiger partial charge in [-0.3, -0.25) is 19.3 Å². The van der Waals surface area contributed by atoms with Crippen LogP contribution in [0.4, 0.5) is 4.79 Å². The van der Waals surface area contributed by atoms with Crippen molar-refractivity contribution in [1.29, 1.82) is 0 Å². The Morgan fingerprint density at radius 2 is 2.11 bits per heavy atom. The van der Waals surface area contributed by atoms with Crippen molar-refractivity contribution in [1.82, 2.24) is 15.5 Å². The number of rotatable bonds is 4. The highest BCUT2D eigenvalue weighted by Crippen LogP contribution is 2.11. The number of imide groups is 1. The first kappa shape index (κ1) is 14.9. The number of likely N-dealkylation sites (tertiary alicyclic amines) is 1. The molecule has 1 aliphatic rings. The molecule has 0 aliphatic carbocycles. The summed E-state index contributed by atoms with van der Waals surface area (Å²) in [5.41, 5.74) is 0. The number of carbonyl (C=O) groups excluding carboxylic acids is 3. The number of piperidine rings is 1. The SMILES string of the molecule is CC(CC(=O)O)NC(=O)NC1CCC(=O)N(C)C1=O. The fraction of sp³-hybridized carbons (Fsp3) is 0.636. The lowest BCUT2D eigenvalue weighted by molar-refractivity contribution is -0.148. The van der Waals surface area contributed by atoms with Crippen LogP contribution in [0.2, 0.25) is 0 Å². The summed E-state index contributed by atoms with van der Waals surface area (Å²) in [6, 6.07) is -1.91. The lowest BCUT2D eigenvalue weighted by Gasteiger charge is -2.28. The van der Waals surface area contributed by atoms with E-state index in [1.54, 1.807) is 6.92 Å². The van der Waals surface area contributed by atoms with Gasteiger partial charge in [-0.15, -0.1) is 0 Å². The number of carbonyl (C=O) groups is 4. The first-order valence-electron chi connectivity index (χ1n) is 5.90. The van der Waals surface area contributed by atoms with Crippen LogP contribution in [0, 0.1) is 0 Å². The molecule has 8 nitrogen and oxygen atoms in total. The van der Waals surface area contributed by atoms with E-state index in [1.807, 2.05) is 0 Å². The summed E-state index contributed by atoms with van der Waals surface area (Å²) in [5, 5.41) is 13.4. The smallest absolute Gasteiger partial charge is 0.315 e. The third-order valence-corrected chi connectivity index (χ3v) is 2.81. The molecule has 4 amide bonds. The predicted molar refractivity (Wildman–Crippen MR) is 64.2 cm³/mol. The van der Waals surface area contributed by atoms with Crippen LogP contribution in [0.5, 0.6) is 0 Å². The number of urea groups is 1. The van der Waals surface area contributed by atoms with Gasteiger partial charge in [-0.2, -0.15) is 0 Å². The second-order valence-corrected chi connectivity index (χ2v) is 4.50. The molecule has 0 aromatic rings. The maximum absolute atomic E-state index is 11.7. The molecule has 3 N–H and O–H groups in total. The topological polar surface area (TPSA) is 116 Å². The zero-order valence-corrected chi connectivity index (χ0v) is 10.8. The highest BCUT2D eigenvalue weighted by atomic mass is 16.4. The van der Waals surface area contributed by atoms with Crippen molar-refractivity contribution in [3.63, 3.8) is 0 Å². The van der Waals surface area contributed by atoms with Crippen molar-refractivity contribution in [3.05, 3.63) is 0 Å². The first-order valence-corrected chi connectivity index (χ1v) is 5.90. The standard InChI is InChI=1S/C11H17N3O5/c1-6(5-9(16)17)12-11(19)13-7-3-4-8(15)14(2)10(7)18/h6-7H,3-5H2,1-2H3,(H,16,17)(H2,12,13,19). The van der Waals surface area contributed by atoms with Crippen molar-refractivity contribution >= 4 is 23.8 Å². The summed E-state index contributed by atoms with van der Waals surface area (Å²) in [6.07, 6.45) is 0.241. The summed E-state index contributed by atoms with van der Waals surface area (Å²) < 4.78 is 0. The number of hydrogen-bond donors (Lipinski definition) is 3. The van der Waals surface area contributed by atoms with E-state index in [9.17, 15) is 19.2 Å². The van der Waals surface area contributed by atoms with E-state index in [0.717, 1.165) is 4.90 Å². The Morgan fingerprint density at radius 1 is 1.47 bits per heavy atom. The monoisotopic (exact) mass is 271 g/mol. The van der Waals surface area contributed by atoms with E-state index < -0.39 is 30.0 Å². The number of nitrogens with one attached hydrogen (secondary N) is 2. The largest absolute Gasteiger partial charge is 0.481 e. The molecular weight excluding hydrogens is 254 g/mol. The van der Waals surface area contributed by atoms with Crippen LogP contribution in [0.15, 0.2) is 0 Å². The number of likely N-dealkylation sites (N-methyl/N-ethyl adjacent to an activating group) is 1. The normalized spacial score (nSPS) is 20.9. The van der Waals surface area contributed by atoms with E-state index in [4.69, 9.17) is 5.11 Å². The van der Waals surface area contributed by atoms with Crippen LogP contribution in [-0.2, 0) is 14.4 Å². The Balaban J connectivity index is 2.46. The van der Waals surface area contributed by atoms with E-state index >= 15 is 0 Å². The maximum atomic E-state index is 11.7. The molecule has 19 heavy (non-hydrogen) atoms. The summed E-state index contributed by atoms with van der Waals surface area (Å²) >= 11 is 0. The quantitative estimate of drug-likeness (QED) is 0.584. The number of aliphatic carboxylic acids is 1. The zero-order valence-electron chi connectivity index (χ0n) is 10.8. The summed E-state index contributed by atoms with van der Waals surface area (Å²) in [5.74, 6) is -1.76. The van der Waals surface area contributed by atoms with E-state index in [-0.39, 0.29) is 25.2 Å². The van der Waals surface area contributed by atoms with Crippen LogP contribution in [-0.4, -0.2) is 53.0 Å². The van der Waals surface area contributed by atoms with Crippen LogP contribution in [0.3, 0.4) is 0 Å². The van der Waals surface area contributed by atoms with Crippen LogP contribution >= 0.6 is 0 Å². The van der Waals surface area contributed by atoms with Gasteiger partial charge in [0, 0.05) is 19.5 Å². The van der Waals surface area contributed by atoms with Crippen LogP contribution in [0.1, 0.15) is 26.2 Å². The van der Waals surface area contributed by atoms with Crippen molar-refractivity contribution in [2.45, 2.75) is 38.3 Å². The third-order valence-electron chi connectivity index (χ3n) is 2.81. The second kappa shape index (κ2) is 6.17. The van der Waals surface area contributed by atoms with Gasteiger partial charge in [-0.1, -0.05) is 0 Å². The minimum atomic E-state index is -1.02. The molecule has 1 aliphatic heterocycles.